The first-order valence-electron chi connectivity index (χ1n) is 4.12. The Morgan fingerprint density at radius 2 is 2.00 bits per heavy atom. The van der Waals surface area contributed by atoms with Gasteiger partial charge in [-0.05, 0) is 13.0 Å². The Morgan fingerprint density at radius 1 is 1.33 bits per heavy atom. The molecule has 0 aliphatic carbocycles. The van der Waals surface area contributed by atoms with Gasteiger partial charge in [0.2, 0.25) is 0 Å². The average Bonchev–Trinajstić information content (AvgIpc) is 2.58. The van der Waals surface area contributed by atoms with Crippen LogP contribution in [-0.2, 0) is 9.47 Å². The van der Waals surface area contributed by atoms with E-state index in [1.807, 2.05) is 6.92 Å². The summed E-state index contributed by atoms with van der Waals surface area (Å²) < 4.78 is 9.02. The van der Waals surface area contributed by atoms with Gasteiger partial charge in [-0.15, -0.1) is 11.3 Å². The summed E-state index contributed by atoms with van der Waals surface area (Å²) in [6.45, 7) is 1.83. The summed E-state index contributed by atoms with van der Waals surface area (Å²) in [5.41, 5.74) is 0.338. The van der Waals surface area contributed by atoms with Crippen molar-refractivity contribution < 1.29 is 19.1 Å². The standard InChI is InChI=1S/C9H11NO4S/c1-5-4-6(8(11)13-2)7(15-5)10-9(12)14-3/h4H,1-3H3,(H,10,12). The number of carbonyl (C=O) groups is 2. The maximum atomic E-state index is 11.3. The molecule has 0 spiro atoms. The smallest absolute Gasteiger partial charge is 0.411 e. The van der Waals surface area contributed by atoms with Gasteiger partial charge in [-0.1, -0.05) is 0 Å². The highest BCUT2D eigenvalue weighted by atomic mass is 32.1. The van der Waals surface area contributed by atoms with E-state index in [2.05, 4.69) is 14.8 Å². The number of carbonyl (C=O) groups excluding carboxylic acids is 2. The molecule has 0 bridgehead atoms. The van der Waals surface area contributed by atoms with E-state index in [1.165, 1.54) is 25.6 Å². The number of hydrogen-bond acceptors (Lipinski definition) is 5. The van der Waals surface area contributed by atoms with Crippen molar-refractivity contribution in [1.29, 1.82) is 0 Å². The molecule has 0 aliphatic heterocycles. The third-order valence-corrected chi connectivity index (χ3v) is 2.63. The van der Waals surface area contributed by atoms with Crippen LogP contribution in [0.5, 0.6) is 0 Å². The van der Waals surface area contributed by atoms with E-state index in [1.54, 1.807) is 6.07 Å². The maximum absolute atomic E-state index is 11.3. The third-order valence-electron chi connectivity index (χ3n) is 1.66. The highest BCUT2D eigenvalue weighted by Gasteiger charge is 2.17. The Bertz CT molecular complexity index is 385. The van der Waals surface area contributed by atoms with Crippen LogP contribution in [0.4, 0.5) is 9.80 Å². The monoisotopic (exact) mass is 229 g/mol. The lowest BCUT2D eigenvalue weighted by Gasteiger charge is -2.02. The molecule has 0 aromatic carbocycles. The lowest BCUT2D eigenvalue weighted by molar-refractivity contribution is 0.0602. The molecular formula is C9H11NO4S. The minimum atomic E-state index is -0.609. The van der Waals surface area contributed by atoms with Gasteiger partial charge in [-0.25, -0.2) is 9.59 Å². The number of anilines is 1. The van der Waals surface area contributed by atoms with E-state index in [0.717, 1.165) is 4.88 Å². The van der Waals surface area contributed by atoms with E-state index in [0.29, 0.717) is 10.6 Å². The molecule has 5 nitrogen and oxygen atoms in total. The Kier molecular flexibility index (Phi) is 3.68. The quantitative estimate of drug-likeness (QED) is 0.788. The second-order valence-corrected chi connectivity index (χ2v) is 3.96. The van der Waals surface area contributed by atoms with Gasteiger partial charge in [-0.2, -0.15) is 0 Å². The molecule has 6 heteroatoms. The first kappa shape index (κ1) is 11.5. The third kappa shape index (κ3) is 2.69. The van der Waals surface area contributed by atoms with Gasteiger partial charge in [0.05, 0.1) is 19.8 Å². The molecule has 0 radical (unpaired) electrons. The zero-order valence-electron chi connectivity index (χ0n) is 8.62. The summed E-state index contributed by atoms with van der Waals surface area (Å²) in [6, 6.07) is 1.65. The summed E-state index contributed by atoms with van der Waals surface area (Å²) in [6.07, 6.45) is -0.609. The normalized spacial score (nSPS) is 9.53. The van der Waals surface area contributed by atoms with Crippen molar-refractivity contribution >= 4 is 28.4 Å². The van der Waals surface area contributed by atoms with Gasteiger partial charge in [0.25, 0.3) is 0 Å². The lowest BCUT2D eigenvalue weighted by Crippen LogP contribution is -2.12. The molecule has 15 heavy (non-hydrogen) atoms. The van der Waals surface area contributed by atoms with Crippen molar-refractivity contribution in [3.05, 3.63) is 16.5 Å². The van der Waals surface area contributed by atoms with Gasteiger partial charge in [-0.3, -0.25) is 5.32 Å². The molecule has 0 unspecified atom stereocenters. The van der Waals surface area contributed by atoms with Crippen molar-refractivity contribution in [3.8, 4) is 0 Å². The molecule has 0 atom stereocenters. The first-order valence-corrected chi connectivity index (χ1v) is 4.94. The highest BCUT2D eigenvalue weighted by molar-refractivity contribution is 7.16. The molecule has 1 N–H and O–H groups in total. The number of esters is 1. The number of methoxy groups -OCH3 is 2. The first-order chi connectivity index (χ1) is 7.08. The Labute approximate surface area is 91.0 Å². The largest absolute Gasteiger partial charge is 0.465 e. The molecule has 1 rings (SSSR count). The van der Waals surface area contributed by atoms with Crippen molar-refractivity contribution in [2.45, 2.75) is 6.92 Å². The fourth-order valence-electron chi connectivity index (χ4n) is 1.01. The van der Waals surface area contributed by atoms with Crippen LogP contribution in [0.1, 0.15) is 15.2 Å². The number of aryl methyl sites for hydroxylation is 1. The molecule has 82 valence electrons. The number of nitrogens with one attached hydrogen (secondary N) is 1. The molecule has 0 saturated carbocycles. The molecule has 1 aromatic heterocycles. The van der Waals surface area contributed by atoms with Crippen molar-refractivity contribution in [2.24, 2.45) is 0 Å². The number of thiophene rings is 1. The van der Waals surface area contributed by atoms with Crippen molar-refractivity contribution in [3.63, 3.8) is 0 Å². The molecule has 1 heterocycles. The maximum Gasteiger partial charge on any atom is 0.411 e. The van der Waals surface area contributed by atoms with Gasteiger partial charge in [0, 0.05) is 4.88 Å². The van der Waals surface area contributed by atoms with E-state index in [4.69, 9.17) is 0 Å². The number of hydrogen-bond donors (Lipinski definition) is 1. The SMILES string of the molecule is COC(=O)Nc1sc(C)cc1C(=O)OC. The Morgan fingerprint density at radius 3 is 2.53 bits per heavy atom. The minimum Gasteiger partial charge on any atom is -0.465 e. The lowest BCUT2D eigenvalue weighted by atomic mass is 10.3. The summed E-state index contributed by atoms with van der Waals surface area (Å²) in [5, 5.41) is 2.89. The Balaban J connectivity index is 2.96. The van der Waals surface area contributed by atoms with Crippen LogP contribution in [0.3, 0.4) is 0 Å². The van der Waals surface area contributed by atoms with Gasteiger partial charge >= 0.3 is 12.1 Å². The molecule has 0 fully saturated rings. The van der Waals surface area contributed by atoms with Crippen LogP contribution >= 0.6 is 11.3 Å². The fraction of sp³-hybridized carbons (Fsp3) is 0.333. The summed E-state index contributed by atoms with van der Waals surface area (Å²) in [4.78, 5) is 23.2. The molecular weight excluding hydrogens is 218 g/mol. The second-order valence-electron chi connectivity index (χ2n) is 2.71. The topological polar surface area (TPSA) is 64.6 Å². The van der Waals surface area contributed by atoms with Crippen LogP contribution in [0.15, 0.2) is 6.07 Å². The zero-order valence-corrected chi connectivity index (χ0v) is 9.44. The number of amides is 1. The van der Waals surface area contributed by atoms with E-state index in [-0.39, 0.29) is 0 Å². The fourth-order valence-corrected chi connectivity index (χ4v) is 1.90. The summed E-state index contributed by atoms with van der Waals surface area (Å²) in [7, 11) is 2.55. The molecule has 1 aromatic rings. The van der Waals surface area contributed by atoms with Gasteiger partial charge in [0.1, 0.15) is 5.00 Å². The van der Waals surface area contributed by atoms with Crippen LogP contribution < -0.4 is 5.32 Å². The molecule has 1 amide bonds. The van der Waals surface area contributed by atoms with Crippen molar-refractivity contribution in [1.82, 2.24) is 0 Å². The average molecular weight is 229 g/mol. The second kappa shape index (κ2) is 4.79. The zero-order chi connectivity index (χ0) is 11.4. The van der Waals surface area contributed by atoms with Crippen LogP contribution in [-0.4, -0.2) is 26.3 Å². The molecule has 0 saturated heterocycles. The number of ether oxygens (including phenoxy) is 2. The van der Waals surface area contributed by atoms with Crippen LogP contribution in [0, 0.1) is 6.92 Å². The van der Waals surface area contributed by atoms with Gasteiger partial charge < -0.3 is 9.47 Å². The molecule has 0 aliphatic rings. The predicted molar refractivity (Wildman–Crippen MR) is 56.4 cm³/mol. The number of rotatable bonds is 2. The van der Waals surface area contributed by atoms with Crippen LogP contribution in [0.25, 0.3) is 0 Å². The summed E-state index contributed by atoms with van der Waals surface area (Å²) >= 11 is 1.29. The minimum absolute atomic E-state index is 0.338. The van der Waals surface area contributed by atoms with E-state index in [9.17, 15) is 9.59 Å². The Hall–Kier alpha value is -1.56. The summed E-state index contributed by atoms with van der Waals surface area (Å²) in [5.74, 6) is -0.481. The van der Waals surface area contributed by atoms with E-state index >= 15 is 0 Å². The highest BCUT2D eigenvalue weighted by Crippen LogP contribution is 2.28. The van der Waals surface area contributed by atoms with Crippen LogP contribution in [0.2, 0.25) is 0 Å². The predicted octanol–water partition coefficient (Wildman–Crippen LogP) is 2.02. The van der Waals surface area contributed by atoms with E-state index < -0.39 is 12.1 Å². The van der Waals surface area contributed by atoms with Crippen molar-refractivity contribution in [2.75, 3.05) is 19.5 Å². The van der Waals surface area contributed by atoms with Gasteiger partial charge in [0.15, 0.2) is 0 Å².